The van der Waals surface area contributed by atoms with Crippen LogP contribution in [-0.4, -0.2) is 59.9 Å². The molecule has 11 heteroatoms. The van der Waals surface area contributed by atoms with Gasteiger partial charge < -0.3 is 15.3 Å². The Hall–Kier alpha value is -2.30. The molecule has 1 heterocycles. The zero-order valence-electron chi connectivity index (χ0n) is 17.1. The Morgan fingerprint density at radius 2 is 1.66 bits per heavy atom. The Labute approximate surface area is 180 Å². The highest BCUT2D eigenvalue weighted by Gasteiger charge is 2.63. The van der Waals surface area contributed by atoms with E-state index in [1.807, 2.05) is 18.2 Å². The number of nitrogens with zero attached hydrogens (tertiary/aromatic N) is 1. The molecule has 2 aliphatic carbocycles. The number of nitrogens with one attached hydrogen (secondary N) is 1. The number of benzene rings is 1. The highest BCUT2D eigenvalue weighted by Crippen LogP contribution is 2.59. The summed E-state index contributed by atoms with van der Waals surface area (Å²) in [4.78, 5) is 22.2. The molecule has 1 amide bonds. The van der Waals surface area contributed by atoms with Crippen molar-refractivity contribution in [2.45, 2.75) is 55.9 Å². The number of amides is 1. The average Bonchev–Trinajstić information content (AvgIpc) is 3.33. The lowest BCUT2D eigenvalue weighted by Gasteiger charge is -2.32. The van der Waals surface area contributed by atoms with Crippen LogP contribution in [0.5, 0.6) is 0 Å². The van der Waals surface area contributed by atoms with Crippen molar-refractivity contribution in [2.24, 2.45) is 5.92 Å². The fourth-order valence-corrected chi connectivity index (χ4v) is 4.83. The van der Waals surface area contributed by atoms with Gasteiger partial charge >= 0.3 is 24.2 Å². The van der Waals surface area contributed by atoms with Gasteiger partial charge in [0.15, 0.2) is 0 Å². The molecule has 1 saturated carbocycles. The van der Waals surface area contributed by atoms with Crippen LogP contribution < -0.4 is 5.32 Å². The van der Waals surface area contributed by atoms with E-state index in [1.54, 1.807) is 0 Å². The van der Waals surface area contributed by atoms with Crippen LogP contribution in [0.15, 0.2) is 24.3 Å². The summed E-state index contributed by atoms with van der Waals surface area (Å²) in [6.07, 6.45) is -5.81. The number of halogens is 6. The molecule has 2 N–H and O–H groups in total. The second-order valence-electron chi connectivity index (χ2n) is 8.48. The zero-order valence-corrected chi connectivity index (χ0v) is 17.1. The highest BCUT2D eigenvalue weighted by atomic mass is 19.4. The number of hydrogen-bond donors (Lipinski definition) is 2. The Bertz CT molecular complexity index is 851. The fourth-order valence-electron chi connectivity index (χ4n) is 4.83. The largest absolute Gasteiger partial charge is 0.490 e. The molecule has 0 radical (unpaired) electrons. The van der Waals surface area contributed by atoms with E-state index in [-0.39, 0.29) is 23.9 Å². The van der Waals surface area contributed by atoms with Crippen molar-refractivity contribution in [1.82, 2.24) is 10.2 Å². The lowest BCUT2D eigenvalue weighted by Crippen LogP contribution is -2.48. The Morgan fingerprint density at radius 3 is 2.22 bits per heavy atom. The Kier molecular flexibility index (Phi) is 6.78. The molecule has 4 rings (SSSR count). The molecule has 1 aromatic carbocycles. The molecule has 0 aromatic heterocycles. The van der Waals surface area contributed by atoms with Gasteiger partial charge in [0.1, 0.15) is 0 Å². The molecular weight excluding hydrogens is 442 g/mol. The van der Waals surface area contributed by atoms with Gasteiger partial charge in [-0.1, -0.05) is 24.3 Å². The van der Waals surface area contributed by atoms with Crippen LogP contribution in [0.25, 0.3) is 0 Å². The summed E-state index contributed by atoms with van der Waals surface area (Å²) in [6, 6.07) is 7.71. The first-order chi connectivity index (χ1) is 14.9. The van der Waals surface area contributed by atoms with Crippen LogP contribution in [0.1, 0.15) is 36.8 Å². The first-order valence-electron chi connectivity index (χ1n) is 10.3. The van der Waals surface area contributed by atoms with Crippen molar-refractivity contribution in [3.05, 3.63) is 35.4 Å². The van der Waals surface area contributed by atoms with Crippen molar-refractivity contribution < 1.29 is 41.0 Å². The standard InChI is InChI=1S/C19H23F3N2O.C2HF3O2/c20-19(21,22)17(25)24(12-13-6-9-23-10-7-13)16-11-18(16)8-5-14-3-1-2-4-15(14)18;3-2(4,5)1(6)7/h1-4,13,16,23H,5-12H2;(H,6,7)/t16-,18-;/m1./s1. The van der Waals surface area contributed by atoms with E-state index in [4.69, 9.17) is 9.90 Å². The van der Waals surface area contributed by atoms with Crippen molar-refractivity contribution >= 4 is 11.9 Å². The predicted octanol–water partition coefficient (Wildman–Crippen LogP) is 3.67. The van der Waals surface area contributed by atoms with E-state index in [0.29, 0.717) is 6.42 Å². The number of aliphatic carboxylic acids is 1. The number of rotatable bonds is 3. The third kappa shape index (κ3) is 5.19. The minimum atomic E-state index is -5.08. The maximum absolute atomic E-state index is 13.2. The summed E-state index contributed by atoms with van der Waals surface area (Å²) >= 11 is 0. The predicted molar refractivity (Wildman–Crippen MR) is 102 cm³/mol. The van der Waals surface area contributed by atoms with Crippen LogP contribution in [0.2, 0.25) is 0 Å². The molecule has 178 valence electrons. The summed E-state index contributed by atoms with van der Waals surface area (Å²) in [5.41, 5.74) is 2.14. The van der Waals surface area contributed by atoms with Gasteiger partial charge in [0.05, 0.1) is 0 Å². The van der Waals surface area contributed by atoms with Crippen molar-refractivity contribution in [3.63, 3.8) is 0 Å². The van der Waals surface area contributed by atoms with E-state index in [9.17, 15) is 31.1 Å². The van der Waals surface area contributed by atoms with Gasteiger partial charge in [-0.15, -0.1) is 0 Å². The number of alkyl halides is 6. The topological polar surface area (TPSA) is 69.6 Å². The van der Waals surface area contributed by atoms with Crippen LogP contribution in [-0.2, 0) is 21.4 Å². The number of piperidine rings is 1. The molecule has 5 nitrogen and oxygen atoms in total. The molecule has 32 heavy (non-hydrogen) atoms. The molecule has 2 fully saturated rings. The molecule has 2 atom stereocenters. The summed E-state index contributed by atoms with van der Waals surface area (Å²) in [5.74, 6) is -4.26. The smallest absolute Gasteiger partial charge is 0.475 e. The van der Waals surface area contributed by atoms with E-state index in [1.165, 1.54) is 5.56 Å². The summed E-state index contributed by atoms with van der Waals surface area (Å²) in [7, 11) is 0. The number of carbonyl (C=O) groups is 2. The number of carboxylic acids is 1. The van der Waals surface area contributed by atoms with Crippen LogP contribution in [0.4, 0.5) is 26.3 Å². The number of carboxylic acid groups (broad SMARTS) is 1. The van der Waals surface area contributed by atoms with Gasteiger partial charge in [0, 0.05) is 18.0 Å². The van der Waals surface area contributed by atoms with Gasteiger partial charge in [0.25, 0.3) is 0 Å². The number of fused-ring (bicyclic) bond motifs is 2. The van der Waals surface area contributed by atoms with Gasteiger partial charge in [-0.3, -0.25) is 4.79 Å². The molecule has 1 spiro atoms. The third-order valence-corrected chi connectivity index (χ3v) is 6.47. The van der Waals surface area contributed by atoms with Gasteiger partial charge in [-0.05, 0) is 62.2 Å². The minimum Gasteiger partial charge on any atom is -0.475 e. The molecule has 1 aromatic rings. The minimum absolute atomic E-state index is 0.154. The van der Waals surface area contributed by atoms with Crippen molar-refractivity contribution in [2.75, 3.05) is 19.6 Å². The molecular formula is C21H24F6N2O3. The lowest BCUT2D eigenvalue weighted by atomic mass is 9.95. The third-order valence-electron chi connectivity index (χ3n) is 6.47. The molecule has 0 unspecified atom stereocenters. The highest BCUT2D eigenvalue weighted by molar-refractivity contribution is 5.83. The monoisotopic (exact) mass is 466 g/mol. The van der Waals surface area contributed by atoms with Gasteiger partial charge in [-0.2, -0.15) is 26.3 Å². The van der Waals surface area contributed by atoms with Crippen LogP contribution >= 0.6 is 0 Å². The van der Waals surface area contributed by atoms with E-state index >= 15 is 0 Å². The maximum Gasteiger partial charge on any atom is 0.490 e. The SMILES string of the molecule is O=C(N(CC1CCNCC1)[C@@H]1C[C@@]12CCc1ccccc12)C(F)(F)F.O=C(O)C(F)(F)F. The normalized spacial score (nSPS) is 25.0. The second-order valence-corrected chi connectivity index (χ2v) is 8.48. The molecule has 1 saturated heterocycles. The van der Waals surface area contributed by atoms with Crippen LogP contribution in [0, 0.1) is 5.92 Å². The quantitative estimate of drug-likeness (QED) is 0.668. The lowest BCUT2D eigenvalue weighted by molar-refractivity contribution is -0.192. The number of hydrogen-bond acceptors (Lipinski definition) is 3. The van der Waals surface area contributed by atoms with E-state index in [0.717, 1.165) is 49.2 Å². The van der Waals surface area contributed by atoms with E-state index < -0.39 is 24.2 Å². The maximum atomic E-state index is 13.2. The summed E-state index contributed by atoms with van der Waals surface area (Å²) < 4.78 is 71.4. The van der Waals surface area contributed by atoms with Crippen molar-refractivity contribution in [3.8, 4) is 0 Å². The second kappa shape index (κ2) is 8.92. The van der Waals surface area contributed by atoms with Gasteiger partial charge in [-0.25, -0.2) is 4.79 Å². The fraction of sp³-hybridized carbons (Fsp3) is 0.619. The molecule has 3 aliphatic rings. The zero-order chi connectivity index (χ0) is 23.7. The van der Waals surface area contributed by atoms with Gasteiger partial charge in [0.2, 0.25) is 0 Å². The first kappa shape index (κ1) is 24.3. The number of aryl methyl sites for hydroxylation is 1. The Balaban J connectivity index is 0.000000360. The molecule has 0 bridgehead atoms. The Morgan fingerprint density at radius 1 is 1.06 bits per heavy atom. The van der Waals surface area contributed by atoms with Crippen molar-refractivity contribution in [1.29, 1.82) is 0 Å². The summed E-state index contributed by atoms with van der Waals surface area (Å²) in [5, 5.41) is 10.4. The van der Waals surface area contributed by atoms with Crippen LogP contribution in [0.3, 0.4) is 0 Å². The number of carbonyl (C=O) groups excluding carboxylic acids is 1. The first-order valence-corrected chi connectivity index (χ1v) is 10.3. The average molecular weight is 466 g/mol. The molecule has 1 aliphatic heterocycles. The van der Waals surface area contributed by atoms with E-state index in [2.05, 4.69) is 11.4 Å². The summed E-state index contributed by atoms with van der Waals surface area (Å²) in [6.45, 7) is 1.86.